The highest BCUT2D eigenvalue weighted by Crippen LogP contribution is 2.24. The number of rotatable bonds is 4. The number of amides is 1. The van der Waals surface area contributed by atoms with Gasteiger partial charge in [-0.1, -0.05) is 30.3 Å². The van der Waals surface area contributed by atoms with E-state index in [0.717, 1.165) is 27.2 Å². The SMILES string of the molecule is Cc1csc(-c2cccc(C(=O)NCc3cc4ccccc4[nH]c3=O)c2)n1. The van der Waals surface area contributed by atoms with E-state index in [9.17, 15) is 9.59 Å². The van der Waals surface area contributed by atoms with Crippen LogP contribution in [0.5, 0.6) is 0 Å². The van der Waals surface area contributed by atoms with Crippen LogP contribution in [0.3, 0.4) is 0 Å². The maximum atomic E-state index is 12.5. The van der Waals surface area contributed by atoms with Gasteiger partial charge in [0.1, 0.15) is 5.01 Å². The maximum absolute atomic E-state index is 12.5. The highest BCUT2D eigenvalue weighted by molar-refractivity contribution is 7.13. The van der Waals surface area contributed by atoms with Crippen LogP contribution in [0.25, 0.3) is 21.5 Å². The van der Waals surface area contributed by atoms with Gasteiger partial charge in [-0.15, -0.1) is 11.3 Å². The molecule has 0 aliphatic rings. The fourth-order valence-corrected chi connectivity index (χ4v) is 3.68. The van der Waals surface area contributed by atoms with Crippen molar-refractivity contribution in [2.75, 3.05) is 0 Å². The fraction of sp³-hybridized carbons (Fsp3) is 0.0952. The van der Waals surface area contributed by atoms with Crippen LogP contribution in [0.15, 0.2) is 64.8 Å². The first-order chi connectivity index (χ1) is 13.1. The minimum absolute atomic E-state index is 0.166. The Morgan fingerprint density at radius 2 is 2.00 bits per heavy atom. The Bertz CT molecular complexity index is 1190. The molecule has 1 amide bonds. The second-order valence-electron chi connectivity index (χ2n) is 6.27. The summed E-state index contributed by atoms with van der Waals surface area (Å²) in [4.78, 5) is 32.0. The van der Waals surface area contributed by atoms with Crippen LogP contribution in [0.1, 0.15) is 21.6 Å². The van der Waals surface area contributed by atoms with Gasteiger partial charge in [-0.2, -0.15) is 0 Å². The van der Waals surface area contributed by atoms with Gasteiger partial charge >= 0.3 is 0 Å². The molecule has 0 radical (unpaired) electrons. The highest BCUT2D eigenvalue weighted by Gasteiger charge is 2.10. The predicted molar refractivity (Wildman–Crippen MR) is 108 cm³/mol. The number of benzene rings is 2. The number of hydrogen-bond donors (Lipinski definition) is 2. The molecule has 6 heteroatoms. The van der Waals surface area contributed by atoms with E-state index in [1.54, 1.807) is 17.4 Å². The van der Waals surface area contributed by atoms with E-state index in [4.69, 9.17) is 0 Å². The van der Waals surface area contributed by atoms with Crippen LogP contribution >= 0.6 is 11.3 Å². The third kappa shape index (κ3) is 3.66. The molecule has 0 saturated carbocycles. The largest absolute Gasteiger partial charge is 0.348 e. The molecule has 0 fully saturated rings. The molecule has 2 aromatic carbocycles. The maximum Gasteiger partial charge on any atom is 0.253 e. The zero-order valence-electron chi connectivity index (χ0n) is 14.7. The number of aromatic nitrogens is 2. The number of aromatic amines is 1. The van der Waals surface area contributed by atoms with Crippen molar-refractivity contribution in [3.63, 3.8) is 0 Å². The van der Waals surface area contributed by atoms with Gasteiger partial charge in [-0.05, 0) is 36.6 Å². The molecule has 4 rings (SSSR count). The number of hydrogen-bond acceptors (Lipinski definition) is 4. The van der Waals surface area contributed by atoms with Crippen molar-refractivity contribution in [1.82, 2.24) is 15.3 Å². The monoisotopic (exact) mass is 375 g/mol. The Balaban J connectivity index is 1.53. The first-order valence-corrected chi connectivity index (χ1v) is 9.40. The lowest BCUT2D eigenvalue weighted by molar-refractivity contribution is 0.0951. The van der Waals surface area contributed by atoms with Crippen LogP contribution in [0, 0.1) is 6.92 Å². The number of para-hydroxylation sites is 1. The highest BCUT2D eigenvalue weighted by atomic mass is 32.1. The third-order valence-corrected chi connectivity index (χ3v) is 5.27. The molecular formula is C21H17N3O2S. The van der Waals surface area contributed by atoms with Crippen LogP contribution in [0.2, 0.25) is 0 Å². The Labute approximate surface area is 159 Å². The van der Waals surface area contributed by atoms with Gasteiger partial charge < -0.3 is 10.3 Å². The molecule has 2 heterocycles. The normalized spacial score (nSPS) is 10.9. The molecule has 0 aliphatic heterocycles. The molecule has 134 valence electrons. The molecule has 2 N–H and O–H groups in total. The van der Waals surface area contributed by atoms with Crippen molar-refractivity contribution in [2.45, 2.75) is 13.5 Å². The summed E-state index contributed by atoms with van der Waals surface area (Å²) in [7, 11) is 0. The molecule has 4 aromatic rings. The first kappa shape index (κ1) is 17.2. The van der Waals surface area contributed by atoms with E-state index in [1.165, 1.54) is 0 Å². The average Bonchev–Trinajstić information content (AvgIpc) is 3.12. The van der Waals surface area contributed by atoms with Gasteiger partial charge in [-0.3, -0.25) is 9.59 Å². The molecule has 2 aromatic heterocycles. The Morgan fingerprint density at radius 1 is 1.15 bits per heavy atom. The second kappa shape index (κ2) is 7.17. The number of thiazole rings is 1. The third-order valence-electron chi connectivity index (χ3n) is 4.26. The number of carbonyl (C=O) groups excluding carboxylic acids is 1. The van der Waals surface area contributed by atoms with Crippen LogP contribution in [-0.2, 0) is 6.54 Å². The zero-order chi connectivity index (χ0) is 18.8. The molecule has 27 heavy (non-hydrogen) atoms. The molecule has 0 saturated heterocycles. The van der Waals surface area contributed by atoms with Gasteiger partial charge in [0.15, 0.2) is 0 Å². The predicted octanol–water partition coefficient (Wildman–Crippen LogP) is 3.89. The van der Waals surface area contributed by atoms with Crippen molar-refractivity contribution < 1.29 is 4.79 Å². The average molecular weight is 375 g/mol. The first-order valence-electron chi connectivity index (χ1n) is 8.52. The van der Waals surface area contributed by atoms with Gasteiger partial charge in [0.25, 0.3) is 11.5 Å². The van der Waals surface area contributed by atoms with Gasteiger partial charge in [-0.25, -0.2) is 4.98 Å². The van der Waals surface area contributed by atoms with Crippen molar-refractivity contribution >= 4 is 28.1 Å². The number of carbonyl (C=O) groups is 1. The zero-order valence-corrected chi connectivity index (χ0v) is 15.5. The molecule has 0 spiro atoms. The number of nitrogens with one attached hydrogen (secondary N) is 2. The summed E-state index contributed by atoms with van der Waals surface area (Å²) in [6, 6.07) is 16.7. The summed E-state index contributed by atoms with van der Waals surface area (Å²) in [6.45, 7) is 2.11. The molecule has 0 aliphatic carbocycles. The summed E-state index contributed by atoms with van der Waals surface area (Å²) in [5.41, 5.74) is 3.51. The molecule has 0 unspecified atom stereocenters. The number of pyridine rings is 1. The minimum Gasteiger partial charge on any atom is -0.348 e. The summed E-state index contributed by atoms with van der Waals surface area (Å²) < 4.78 is 0. The summed E-state index contributed by atoms with van der Waals surface area (Å²) >= 11 is 1.55. The number of nitrogens with zero attached hydrogens (tertiary/aromatic N) is 1. The van der Waals surface area contributed by atoms with E-state index in [1.807, 2.05) is 60.8 Å². The van der Waals surface area contributed by atoms with Crippen LogP contribution in [0.4, 0.5) is 0 Å². The van der Waals surface area contributed by atoms with Gasteiger partial charge in [0, 0.05) is 39.8 Å². The molecule has 0 atom stereocenters. The molecule has 0 bridgehead atoms. The van der Waals surface area contributed by atoms with Crippen molar-refractivity contribution in [2.24, 2.45) is 0 Å². The van der Waals surface area contributed by atoms with E-state index in [2.05, 4.69) is 15.3 Å². The lowest BCUT2D eigenvalue weighted by Gasteiger charge is -2.07. The van der Waals surface area contributed by atoms with Gasteiger partial charge in [0.05, 0.1) is 0 Å². The smallest absolute Gasteiger partial charge is 0.253 e. The Kier molecular flexibility index (Phi) is 4.56. The molecule has 5 nitrogen and oxygen atoms in total. The van der Waals surface area contributed by atoms with Crippen molar-refractivity contribution in [3.8, 4) is 10.6 Å². The Hall–Kier alpha value is -3.25. The van der Waals surface area contributed by atoms with E-state index in [0.29, 0.717) is 11.1 Å². The van der Waals surface area contributed by atoms with E-state index < -0.39 is 0 Å². The minimum atomic E-state index is -0.224. The van der Waals surface area contributed by atoms with Crippen molar-refractivity contribution in [3.05, 3.63) is 87.2 Å². The quantitative estimate of drug-likeness (QED) is 0.568. The van der Waals surface area contributed by atoms with Crippen LogP contribution in [-0.4, -0.2) is 15.9 Å². The topological polar surface area (TPSA) is 74.8 Å². The van der Waals surface area contributed by atoms with Crippen LogP contribution < -0.4 is 10.9 Å². The second-order valence-corrected chi connectivity index (χ2v) is 7.13. The molecular weight excluding hydrogens is 358 g/mol. The fourth-order valence-electron chi connectivity index (χ4n) is 2.88. The summed E-state index contributed by atoms with van der Waals surface area (Å²) in [5.74, 6) is -0.224. The summed E-state index contributed by atoms with van der Waals surface area (Å²) in [5, 5.41) is 6.62. The summed E-state index contributed by atoms with van der Waals surface area (Å²) in [6.07, 6.45) is 0. The number of aryl methyl sites for hydroxylation is 1. The van der Waals surface area contributed by atoms with Crippen molar-refractivity contribution in [1.29, 1.82) is 0 Å². The van der Waals surface area contributed by atoms with E-state index >= 15 is 0 Å². The lowest BCUT2D eigenvalue weighted by Crippen LogP contribution is -2.26. The number of H-pyrrole nitrogens is 1. The van der Waals surface area contributed by atoms with Gasteiger partial charge in [0.2, 0.25) is 0 Å². The standard InChI is InChI=1S/C21H17N3O2S/c1-13-12-27-21(23-13)16-7-4-6-15(10-16)19(25)22-11-17-9-14-5-2-3-8-18(14)24-20(17)26/h2-10,12H,11H2,1H3,(H,22,25)(H,24,26). The number of fused-ring (bicyclic) bond motifs is 1. The Morgan fingerprint density at radius 3 is 2.81 bits per heavy atom. The van der Waals surface area contributed by atoms with E-state index in [-0.39, 0.29) is 18.0 Å². The lowest BCUT2D eigenvalue weighted by atomic mass is 10.1.